The summed E-state index contributed by atoms with van der Waals surface area (Å²) in [5.41, 5.74) is 11.3. The summed E-state index contributed by atoms with van der Waals surface area (Å²) in [6.07, 6.45) is 3.53. The number of halogens is 1. The van der Waals surface area contributed by atoms with Crippen molar-refractivity contribution >= 4 is 51.0 Å². The molecule has 6 rings (SSSR count). The molecule has 3 aromatic carbocycles. The van der Waals surface area contributed by atoms with E-state index in [1.165, 1.54) is 16.8 Å². The van der Waals surface area contributed by atoms with Gasteiger partial charge in [-0.15, -0.1) is 0 Å². The maximum atomic E-state index is 13.3. The molecule has 0 fully saturated rings. The van der Waals surface area contributed by atoms with E-state index < -0.39 is 5.91 Å². The number of aromatic nitrogens is 4. The van der Waals surface area contributed by atoms with Crippen LogP contribution in [0, 0.1) is 5.82 Å². The third-order valence-electron chi connectivity index (χ3n) is 6.00. The fourth-order valence-corrected chi connectivity index (χ4v) is 4.18. The van der Waals surface area contributed by atoms with Gasteiger partial charge >= 0.3 is 0 Å². The SMILES string of the molecule is Nc1c(C(=O)NCc2ccc(F)cc2)c2nc3ccccc3nc2n1N=Cc1c[nH]c2ccccc12. The molecular weight excluding hydrogens is 457 g/mol. The molecular formula is C27H20FN7O. The average Bonchev–Trinajstić information content (AvgIpc) is 3.43. The number of rotatable bonds is 5. The van der Waals surface area contributed by atoms with Gasteiger partial charge in [0, 0.05) is 29.2 Å². The van der Waals surface area contributed by atoms with Crippen LogP contribution < -0.4 is 11.1 Å². The van der Waals surface area contributed by atoms with Crippen molar-refractivity contribution < 1.29 is 9.18 Å². The third kappa shape index (κ3) is 3.72. The number of anilines is 1. The van der Waals surface area contributed by atoms with E-state index in [4.69, 9.17) is 10.7 Å². The lowest BCUT2D eigenvalue weighted by atomic mass is 10.2. The molecule has 0 aliphatic heterocycles. The summed E-state index contributed by atoms with van der Waals surface area (Å²) in [4.78, 5) is 25.9. The number of carbonyl (C=O) groups excluding carboxylic acids is 1. The second kappa shape index (κ2) is 8.62. The molecule has 0 aliphatic rings. The summed E-state index contributed by atoms with van der Waals surface area (Å²) >= 11 is 0. The molecule has 0 atom stereocenters. The van der Waals surface area contributed by atoms with E-state index in [0.717, 1.165) is 22.0 Å². The number of amides is 1. The highest BCUT2D eigenvalue weighted by Gasteiger charge is 2.24. The van der Waals surface area contributed by atoms with E-state index in [-0.39, 0.29) is 23.7 Å². The summed E-state index contributed by atoms with van der Waals surface area (Å²) < 4.78 is 14.7. The molecule has 0 radical (unpaired) electrons. The quantitative estimate of drug-likeness (QED) is 0.315. The molecule has 0 aliphatic carbocycles. The van der Waals surface area contributed by atoms with E-state index in [1.54, 1.807) is 18.3 Å². The number of H-pyrrole nitrogens is 1. The smallest absolute Gasteiger partial charge is 0.257 e. The Hall–Kier alpha value is -5.05. The molecule has 176 valence electrons. The van der Waals surface area contributed by atoms with E-state index in [2.05, 4.69) is 20.4 Å². The molecule has 36 heavy (non-hydrogen) atoms. The minimum Gasteiger partial charge on any atom is -0.383 e. The normalized spacial score (nSPS) is 11.7. The van der Waals surface area contributed by atoms with E-state index >= 15 is 0 Å². The van der Waals surface area contributed by atoms with Gasteiger partial charge in [0.2, 0.25) is 0 Å². The predicted molar refractivity (Wildman–Crippen MR) is 138 cm³/mol. The van der Waals surface area contributed by atoms with Gasteiger partial charge in [-0.25, -0.2) is 14.4 Å². The first kappa shape index (κ1) is 21.5. The van der Waals surface area contributed by atoms with Gasteiger partial charge in [-0.3, -0.25) is 4.79 Å². The lowest BCUT2D eigenvalue weighted by Crippen LogP contribution is -2.23. The zero-order valence-electron chi connectivity index (χ0n) is 18.9. The highest BCUT2D eigenvalue weighted by molar-refractivity contribution is 6.11. The van der Waals surface area contributed by atoms with Crippen LogP contribution in [0.25, 0.3) is 33.1 Å². The minimum atomic E-state index is -0.424. The standard InChI is InChI=1S/C27H20FN7O/c28-18-11-9-16(10-12-18)13-31-27(36)23-24-26(34-22-8-4-3-7-21(22)33-24)35(25(23)29)32-15-17-14-30-20-6-2-1-5-19(17)20/h1-12,14-15,30H,13,29H2,(H,31,36). The van der Waals surface area contributed by atoms with Gasteiger partial charge in [-0.1, -0.05) is 42.5 Å². The molecule has 0 unspecified atom stereocenters. The first-order valence-electron chi connectivity index (χ1n) is 11.3. The summed E-state index contributed by atoms with van der Waals surface area (Å²) in [6, 6.07) is 21.2. The Morgan fingerprint density at radius 1 is 1.03 bits per heavy atom. The van der Waals surface area contributed by atoms with E-state index in [0.29, 0.717) is 22.2 Å². The van der Waals surface area contributed by atoms with Gasteiger partial charge in [-0.05, 0) is 35.9 Å². The first-order chi connectivity index (χ1) is 17.6. The number of nitrogen functional groups attached to an aromatic ring is 1. The number of nitrogens with one attached hydrogen (secondary N) is 2. The largest absolute Gasteiger partial charge is 0.383 e. The van der Waals surface area contributed by atoms with Crippen LogP contribution >= 0.6 is 0 Å². The van der Waals surface area contributed by atoms with Crippen molar-refractivity contribution in [3.63, 3.8) is 0 Å². The maximum absolute atomic E-state index is 13.3. The van der Waals surface area contributed by atoms with Crippen LogP contribution in [0.4, 0.5) is 10.2 Å². The summed E-state index contributed by atoms with van der Waals surface area (Å²) in [5.74, 6) is -0.645. The number of aromatic amines is 1. The molecule has 3 aromatic heterocycles. The topological polar surface area (TPSA) is 114 Å². The maximum Gasteiger partial charge on any atom is 0.257 e. The second-order valence-corrected chi connectivity index (χ2v) is 8.30. The Morgan fingerprint density at radius 3 is 2.56 bits per heavy atom. The number of para-hydroxylation sites is 3. The van der Waals surface area contributed by atoms with E-state index in [9.17, 15) is 9.18 Å². The van der Waals surface area contributed by atoms with E-state index in [1.807, 2.05) is 54.7 Å². The van der Waals surface area contributed by atoms with Gasteiger partial charge in [-0.2, -0.15) is 9.78 Å². The van der Waals surface area contributed by atoms with Crippen LogP contribution in [0.5, 0.6) is 0 Å². The molecule has 8 nitrogen and oxygen atoms in total. The number of hydrogen-bond acceptors (Lipinski definition) is 5. The zero-order chi connectivity index (χ0) is 24.6. The number of fused-ring (bicyclic) bond motifs is 3. The number of hydrogen-bond donors (Lipinski definition) is 3. The van der Waals surface area contributed by atoms with Gasteiger partial charge in [0.1, 0.15) is 22.7 Å². The summed E-state index contributed by atoms with van der Waals surface area (Å²) in [6.45, 7) is 0.199. The predicted octanol–water partition coefficient (Wildman–Crippen LogP) is 4.60. The van der Waals surface area contributed by atoms with Crippen LogP contribution in [0.15, 0.2) is 84.1 Å². The van der Waals surface area contributed by atoms with Crippen LogP contribution in [-0.2, 0) is 6.54 Å². The van der Waals surface area contributed by atoms with Gasteiger partial charge in [0.25, 0.3) is 5.91 Å². The van der Waals surface area contributed by atoms with Crippen LogP contribution in [0.3, 0.4) is 0 Å². The lowest BCUT2D eigenvalue weighted by Gasteiger charge is -2.06. The Balaban J connectivity index is 1.44. The number of nitrogens with zero attached hydrogens (tertiary/aromatic N) is 4. The van der Waals surface area contributed by atoms with Gasteiger partial charge in [0.05, 0.1) is 17.2 Å². The summed E-state index contributed by atoms with van der Waals surface area (Å²) in [5, 5.41) is 8.44. The van der Waals surface area contributed by atoms with Crippen molar-refractivity contribution in [2.24, 2.45) is 5.10 Å². The highest BCUT2D eigenvalue weighted by atomic mass is 19.1. The zero-order valence-corrected chi connectivity index (χ0v) is 18.9. The van der Waals surface area contributed by atoms with Crippen molar-refractivity contribution in [3.05, 3.63) is 102 Å². The molecule has 9 heteroatoms. The molecule has 0 bridgehead atoms. The molecule has 0 saturated carbocycles. The minimum absolute atomic E-state index is 0.119. The van der Waals surface area contributed by atoms with Crippen LogP contribution in [-0.4, -0.2) is 31.7 Å². The Kier molecular flexibility index (Phi) is 5.15. The Morgan fingerprint density at radius 2 is 1.75 bits per heavy atom. The van der Waals surface area contributed by atoms with Gasteiger partial charge < -0.3 is 16.0 Å². The molecule has 0 spiro atoms. The molecule has 0 saturated heterocycles. The number of carbonyl (C=O) groups is 1. The molecule has 6 aromatic rings. The third-order valence-corrected chi connectivity index (χ3v) is 6.00. The van der Waals surface area contributed by atoms with Gasteiger partial charge in [0.15, 0.2) is 5.65 Å². The number of nitrogens with two attached hydrogens (primary N) is 1. The molecule has 3 heterocycles. The fraction of sp³-hybridized carbons (Fsp3) is 0.0370. The van der Waals surface area contributed by atoms with Crippen LogP contribution in [0.1, 0.15) is 21.5 Å². The molecule has 4 N–H and O–H groups in total. The highest BCUT2D eigenvalue weighted by Crippen LogP contribution is 2.28. The second-order valence-electron chi connectivity index (χ2n) is 8.30. The average molecular weight is 478 g/mol. The van der Waals surface area contributed by atoms with Crippen molar-refractivity contribution in [2.75, 3.05) is 5.73 Å². The Labute approximate surface area is 204 Å². The first-order valence-corrected chi connectivity index (χ1v) is 11.3. The fourth-order valence-electron chi connectivity index (χ4n) is 4.18. The molecule has 1 amide bonds. The lowest BCUT2D eigenvalue weighted by molar-refractivity contribution is 0.0953. The van der Waals surface area contributed by atoms with Crippen molar-refractivity contribution in [1.82, 2.24) is 24.9 Å². The van der Waals surface area contributed by atoms with Crippen molar-refractivity contribution in [2.45, 2.75) is 6.54 Å². The number of benzene rings is 3. The van der Waals surface area contributed by atoms with Crippen LogP contribution in [0.2, 0.25) is 0 Å². The Bertz CT molecular complexity index is 1780. The van der Waals surface area contributed by atoms with Crippen molar-refractivity contribution in [3.8, 4) is 0 Å². The van der Waals surface area contributed by atoms with Crippen molar-refractivity contribution in [1.29, 1.82) is 0 Å². The monoisotopic (exact) mass is 477 g/mol. The summed E-state index contributed by atoms with van der Waals surface area (Å²) in [7, 11) is 0.